The van der Waals surface area contributed by atoms with E-state index in [0.717, 1.165) is 5.56 Å². The average molecular weight is 374 g/mol. The third-order valence-electron chi connectivity index (χ3n) is 6.01. The summed E-state index contributed by atoms with van der Waals surface area (Å²) in [6, 6.07) is 37.4. The fraction of sp³-hybridized carbons (Fsp3) is 0.107. The van der Waals surface area contributed by atoms with Gasteiger partial charge in [0.2, 0.25) is 0 Å². The molecule has 1 atom stereocenters. The first-order chi connectivity index (χ1) is 14.3. The van der Waals surface area contributed by atoms with Crippen molar-refractivity contribution in [3.05, 3.63) is 131 Å². The van der Waals surface area contributed by atoms with Gasteiger partial charge >= 0.3 is 0 Å². The van der Waals surface area contributed by atoms with E-state index in [1.165, 1.54) is 27.8 Å². The van der Waals surface area contributed by atoms with E-state index in [9.17, 15) is 4.79 Å². The van der Waals surface area contributed by atoms with Crippen molar-refractivity contribution < 1.29 is 4.79 Å². The number of benzene rings is 4. The summed E-state index contributed by atoms with van der Waals surface area (Å²) in [7, 11) is 0. The van der Waals surface area contributed by atoms with Gasteiger partial charge in [-0.1, -0.05) is 109 Å². The number of rotatable bonds is 5. The highest BCUT2D eigenvalue weighted by atomic mass is 16.1. The summed E-state index contributed by atoms with van der Waals surface area (Å²) in [5.74, 6) is 0.465. The molecule has 1 aliphatic rings. The van der Waals surface area contributed by atoms with Gasteiger partial charge in [-0.05, 0) is 27.8 Å². The molecule has 140 valence electrons. The number of hydrogen-bond acceptors (Lipinski definition) is 1. The molecule has 1 nitrogen and oxygen atoms in total. The molecule has 1 aliphatic carbocycles. The molecule has 0 saturated carbocycles. The van der Waals surface area contributed by atoms with Crippen LogP contribution >= 0.6 is 0 Å². The Morgan fingerprint density at radius 3 is 1.69 bits per heavy atom. The largest absolute Gasteiger partial charge is 0.294 e. The SMILES string of the molecule is O=C(CC(c1ccccc1)C1c2ccccc2-c2ccccc21)c1ccccc1. The van der Waals surface area contributed by atoms with Gasteiger partial charge < -0.3 is 0 Å². The second-order valence-corrected chi connectivity index (χ2v) is 7.66. The molecule has 0 bridgehead atoms. The van der Waals surface area contributed by atoms with Crippen LogP contribution in [0.1, 0.15) is 45.3 Å². The van der Waals surface area contributed by atoms with E-state index in [4.69, 9.17) is 0 Å². The van der Waals surface area contributed by atoms with Crippen LogP contribution in [-0.4, -0.2) is 5.78 Å². The van der Waals surface area contributed by atoms with E-state index in [0.29, 0.717) is 6.42 Å². The molecular formula is C28H22O. The van der Waals surface area contributed by atoms with Crippen LogP contribution in [0, 0.1) is 0 Å². The van der Waals surface area contributed by atoms with Gasteiger partial charge in [-0.2, -0.15) is 0 Å². The number of carbonyl (C=O) groups excluding carboxylic acids is 1. The van der Waals surface area contributed by atoms with Gasteiger partial charge in [0.25, 0.3) is 0 Å². The maximum atomic E-state index is 13.2. The van der Waals surface area contributed by atoms with Crippen molar-refractivity contribution in [3.8, 4) is 11.1 Å². The lowest BCUT2D eigenvalue weighted by Gasteiger charge is -2.26. The molecule has 0 radical (unpaired) electrons. The molecule has 0 aromatic heterocycles. The first kappa shape index (κ1) is 17.6. The molecule has 4 aromatic rings. The molecule has 0 fully saturated rings. The van der Waals surface area contributed by atoms with Gasteiger partial charge in [0, 0.05) is 23.8 Å². The zero-order valence-electron chi connectivity index (χ0n) is 16.2. The highest BCUT2D eigenvalue weighted by Crippen LogP contribution is 2.52. The summed E-state index contributed by atoms with van der Waals surface area (Å²) in [4.78, 5) is 13.2. The molecule has 0 spiro atoms. The van der Waals surface area contributed by atoms with Crippen molar-refractivity contribution in [2.24, 2.45) is 0 Å². The number of Topliss-reactive ketones (excluding diaryl/α,β-unsaturated/α-hetero) is 1. The van der Waals surface area contributed by atoms with Crippen LogP contribution in [0.4, 0.5) is 0 Å². The van der Waals surface area contributed by atoms with Crippen molar-refractivity contribution in [2.75, 3.05) is 0 Å². The molecular weight excluding hydrogens is 352 g/mol. The topological polar surface area (TPSA) is 17.1 Å². The van der Waals surface area contributed by atoms with Gasteiger partial charge in [0.05, 0.1) is 0 Å². The zero-order chi connectivity index (χ0) is 19.6. The standard InChI is InChI=1S/C28H22O/c29-27(21-13-5-2-6-14-21)19-26(20-11-3-1-4-12-20)28-24-17-9-7-15-22(24)23-16-8-10-18-25(23)28/h1-18,26,28H,19H2. The van der Waals surface area contributed by atoms with Crippen LogP contribution in [0.25, 0.3) is 11.1 Å². The van der Waals surface area contributed by atoms with Crippen LogP contribution in [0.5, 0.6) is 0 Å². The number of fused-ring (bicyclic) bond motifs is 3. The maximum Gasteiger partial charge on any atom is 0.163 e. The Kier molecular flexibility index (Phi) is 4.57. The second-order valence-electron chi connectivity index (χ2n) is 7.66. The quantitative estimate of drug-likeness (QED) is 0.349. The van der Waals surface area contributed by atoms with E-state index in [-0.39, 0.29) is 17.6 Å². The third kappa shape index (κ3) is 3.19. The van der Waals surface area contributed by atoms with Crippen molar-refractivity contribution in [3.63, 3.8) is 0 Å². The van der Waals surface area contributed by atoms with Crippen molar-refractivity contribution in [1.29, 1.82) is 0 Å². The lowest BCUT2D eigenvalue weighted by atomic mass is 9.76. The Labute approximate surface area is 171 Å². The predicted octanol–water partition coefficient (Wildman–Crippen LogP) is 6.86. The van der Waals surface area contributed by atoms with Crippen molar-refractivity contribution in [2.45, 2.75) is 18.3 Å². The fourth-order valence-corrected chi connectivity index (χ4v) is 4.70. The Balaban J connectivity index is 1.63. The third-order valence-corrected chi connectivity index (χ3v) is 6.01. The highest BCUT2D eigenvalue weighted by molar-refractivity contribution is 5.97. The summed E-state index contributed by atoms with van der Waals surface area (Å²) in [6.45, 7) is 0. The van der Waals surface area contributed by atoms with Gasteiger partial charge in [0.15, 0.2) is 5.78 Å². The highest BCUT2D eigenvalue weighted by Gasteiger charge is 2.35. The maximum absolute atomic E-state index is 13.2. The molecule has 4 aromatic carbocycles. The first-order valence-corrected chi connectivity index (χ1v) is 10.1. The van der Waals surface area contributed by atoms with E-state index in [1.54, 1.807) is 0 Å². The summed E-state index contributed by atoms with van der Waals surface area (Å²) in [5, 5.41) is 0. The summed E-state index contributed by atoms with van der Waals surface area (Å²) in [5.41, 5.74) is 7.23. The minimum Gasteiger partial charge on any atom is -0.294 e. The lowest BCUT2D eigenvalue weighted by Crippen LogP contribution is -2.15. The van der Waals surface area contributed by atoms with Crippen LogP contribution < -0.4 is 0 Å². The second kappa shape index (κ2) is 7.52. The Hall–Kier alpha value is -3.45. The van der Waals surface area contributed by atoms with Crippen molar-refractivity contribution >= 4 is 5.78 Å². The molecule has 0 aliphatic heterocycles. The number of hydrogen-bond donors (Lipinski definition) is 0. The fourth-order valence-electron chi connectivity index (χ4n) is 4.70. The van der Waals surface area contributed by atoms with Crippen LogP contribution in [0.2, 0.25) is 0 Å². The van der Waals surface area contributed by atoms with Gasteiger partial charge in [-0.25, -0.2) is 0 Å². The van der Waals surface area contributed by atoms with Crippen molar-refractivity contribution in [1.82, 2.24) is 0 Å². The molecule has 0 amide bonds. The molecule has 0 saturated heterocycles. The Bertz CT molecular complexity index is 1100. The number of carbonyl (C=O) groups is 1. The molecule has 0 heterocycles. The molecule has 1 heteroatoms. The van der Waals surface area contributed by atoms with E-state index < -0.39 is 0 Å². The van der Waals surface area contributed by atoms with Crippen LogP contribution in [0.3, 0.4) is 0 Å². The Morgan fingerprint density at radius 1 is 0.621 bits per heavy atom. The normalized spacial score (nSPS) is 13.5. The monoisotopic (exact) mass is 374 g/mol. The lowest BCUT2D eigenvalue weighted by molar-refractivity contribution is 0.0971. The molecule has 0 N–H and O–H groups in total. The summed E-state index contributed by atoms with van der Waals surface area (Å²) >= 11 is 0. The van der Waals surface area contributed by atoms with Gasteiger partial charge in [0.1, 0.15) is 0 Å². The molecule has 1 unspecified atom stereocenters. The predicted molar refractivity (Wildman–Crippen MR) is 118 cm³/mol. The summed E-state index contributed by atoms with van der Waals surface area (Å²) < 4.78 is 0. The zero-order valence-corrected chi connectivity index (χ0v) is 16.2. The first-order valence-electron chi connectivity index (χ1n) is 10.1. The molecule has 5 rings (SSSR count). The smallest absolute Gasteiger partial charge is 0.163 e. The van der Waals surface area contributed by atoms with Gasteiger partial charge in [-0.15, -0.1) is 0 Å². The summed E-state index contributed by atoms with van der Waals surface area (Å²) in [6.07, 6.45) is 0.487. The average Bonchev–Trinajstić information content (AvgIpc) is 3.13. The van der Waals surface area contributed by atoms with Gasteiger partial charge in [-0.3, -0.25) is 4.79 Å². The van der Waals surface area contributed by atoms with Crippen LogP contribution in [-0.2, 0) is 0 Å². The van der Waals surface area contributed by atoms with E-state index in [1.807, 2.05) is 36.4 Å². The molecule has 29 heavy (non-hydrogen) atoms. The Morgan fingerprint density at radius 2 is 1.10 bits per heavy atom. The van der Waals surface area contributed by atoms with Crippen LogP contribution in [0.15, 0.2) is 109 Å². The number of ketones is 1. The van der Waals surface area contributed by atoms with E-state index in [2.05, 4.69) is 72.8 Å². The minimum atomic E-state index is 0.0914. The van der Waals surface area contributed by atoms with E-state index >= 15 is 0 Å². The minimum absolute atomic E-state index is 0.0914.